The summed E-state index contributed by atoms with van der Waals surface area (Å²) in [6.45, 7) is 3.73. The first-order valence-corrected chi connectivity index (χ1v) is 3.43. The van der Waals surface area contributed by atoms with Gasteiger partial charge < -0.3 is 0 Å². The molecular weight excluding hydrogens is 130 g/mol. The van der Waals surface area contributed by atoms with Crippen LogP contribution in [0.2, 0.25) is 0 Å². The van der Waals surface area contributed by atoms with Gasteiger partial charge in [-0.25, -0.2) is 0 Å². The molecule has 1 fully saturated rings. The van der Waals surface area contributed by atoms with Crippen molar-refractivity contribution in [1.82, 2.24) is 5.32 Å². The molecule has 0 radical (unpaired) electrons. The lowest BCUT2D eigenvalue weighted by molar-refractivity contribution is -0.128. The van der Waals surface area contributed by atoms with Crippen LogP contribution in [0.3, 0.4) is 0 Å². The van der Waals surface area contributed by atoms with E-state index in [-0.39, 0.29) is 11.8 Å². The molecule has 0 bridgehead atoms. The van der Waals surface area contributed by atoms with Gasteiger partial charge in [-0.15, -0.1) is 0 Å². The van der Waals surface area contributed by atoms with Gasteiger partial charge >= 0.3 is 0 Å². The summed E-state index contributed by atoms with van der Waals surface area (Å²) < 4.78 is 0. The lowest BCUT2D eigenvalue weighted by Gasteiger charge is -2.14. The molecule has 0 aromatic carbocycles. The Morgan fingerprint density at radius 3 is 2.40 bits per heavy atom. The second kappa shape index (κ2) is 2.08. The third kappa shape index (κ3) is 0.916. The van der Waals surface area contributed by atoms with Gasteiger partial charge in [-0.2, -0.15) is 0 Å². The smallest absolute Gasteiger partial charge is 0.232 e. The van der Waals surface area contributed by atoms with Crippen LogP contribution in [0.15, 0.2) is 0 Å². The summed E-state index contributed by atoms with van der Waals surface area (Å²) in [6.07, 6.45) is 1.08. The number of imide groups is 1. The van der Waals surface area contributed by atoms with Gasteiger partial charge in [0.25, 0.3) is 0 Å². The fraction of sp³-hybridized carbons (Fsp3) is 0.714. The molecule has 0 spiro atoms. The van der Waals surface area contributed by atoms with E-state index in [1.165, 1.54) is 0 Å². The molecule has 3 heteroatoms. The fourth-order valence-electron chi connectivity index (χ4n) is 1.04. The predicted octanol–water partition coefficient (Wildman–Crippen LogP) is 0.449. The molecule has 1 N–H and O–H groups in total. The molecule has 1 heterocycles. The van der Waals surface area contributed by atoms with E-state index in [9.17, 15) is 9.59 Å². The third-order valence-corrected chi connectivity index (χ3v) is 2.13. The minimum Gasteiger partial charge on any atom is -0.296 e. The van der Waals surface area contributed by atoms with Gasteiger partial charge in [0.05, 0.1) is 5.41 Å². The first-order chi connectivity index (χ1) is 4.58. The molecule has 1 saturated heterocycles. The van der Waals surface area contributed by atoms with Crippen molar-refractivity contribution in [3.8, 4) is 0 Å². The van der Waals surface area contributed by atoms with E-state index in [0.717, 1.165) is 6.42 Å². The zero-order valence-corrected chi connectivity index (χ0v) is 6.23. The van der Waals surface area contributed by atoms with E-state index in [4.69, 9.17) is 0 Å². The highest BCUT2D eigenvalue weighted by atomic mass is 16.2. The van der Waals surface area contributed by atoms with E-state index in [2.05, 4.69) is 5.32 Å². The number of rotatable bonds is 1. The van der Waals surface area contributed by atoms with Crippen molar-refractivity contribution in [3.05, 3.63) is 0 Å². The van der Waals surface area contributed by atoms with Gasteiger partial charge in [0, 0.05) is 6.42 Å². The number of carbonyl (C=O) groups is 2. The molecule has 1 aliphatic rings. The molecule has 0 aromatic heterocycles. The Morgan fingerprint density at radius 1 is 1.60 bits per heavy atom. The summed E-state index contributed by atoms with van der Waals surface area (Å²) in [4.78, 5) is 21.7. The highest BCUT2D eigenvalue weighted by Crippen LogP contribution is 2.29. The van der Waals surface area contributed by atoms with Gasteiger partial charge in [-0.05, 0) is 6.42 Å². The fourth-order valence-corrected chi connectivity index (χ4v) is 1.04. The van der Waals surface area contributed by atoms with Crippen LogP contribution in [0.1, 0.15) is 26.7 Å². The first kappa shape index (κ1) is 7.25. The van der Waals surface area contributed by atoms with Gasteiger partial charge in [0.15, 0.2) is 0 Å². The second-order valence-corrected chi connectivity index (χ2v) is 2.97. The van der Waals surface area contributed by atoms with Crippen LogP contribution >= 0.6 is 0 Å². The highest BCUT2D eigenvalue weighted by Gasteiger charge is 2.40. The van der Waals surface area contributed by atoms with Gasteiger partial charge in [0.1, 0.15) is 0 Å². The lowest BCUT2D eigenvalue weighted by atomic mass is 9.86. The third-order valence-electron chi connectivity index (χ3n) is 2.13. The maximum atomic E-state index is 11.0. The molecule has 0 aliphatic carbocycles. The van der Waals surface area contributed by atoms with Crippen LogP contribution in [-0.4, -0.2) is 11.8 Å². The minimum atomic E-state index is -0.433. The first-order valence-electron chi connectivity index (χ1n) is 3.43. The topological polar surface area (TPSA) is 46.2 Å². The monoisotopic (exact) mass is 141 g/mol. The van der Waals surface area contributed by atoms with Crippen LogP contribution in [0, 0.1) is 5.41 Å². The lowest BCUT2D eigenvalue weighted by Crippen LogP contribution is -2.28. The molecule has 1 rings (SSSR count). The van der Waals surface area contributed by atoms with Crippen LogP contribution in [0.4, 0.5) is 0 Å². The Kier molecular flexibility index (Phi) is 1.50. The van der Waals surface area contributed by atoms with Crippen LogP contribution in [0.5, 0.6) is 0 Å². The zero-order chi connectivity index (χ0) is 7.78. The molecule has 3 nitrogen and oxygen atoms in total. The quantitative estimate of drug-likeness (QED) is 0.539. The average Bonchev–Trinajstić information content (AvgIpc) is 2.09. The molecule has 2 amide bonds. The molecule has 1 aliphatic heterocycles. The Hall–Kier alpha value is -0.860. The Balaban J connectivity index is 2.80. The molecule has 0 saturated carbocycles. The summed E-state index contributed by atoms with van der Waals surface area (Å²) in [6, 6.07) is 0. The molecule has 56 valence electrons. The molecular formula is C7H11NO2. The largest absolute Gasteiger partial charge is 0.296 e. The zero-order valence-electron chi connectivity index (χ0n) is 6.23. The number of amides is 2. The highest BCUT2D eigenvalue weighted by molar-refractivity contribution is 6.05. The van der Waals surface area contributed by atoms with Crippen molar-refractivity contribution in [2.24, 2.45) is 5.41 Å². The molecule has 0 unspecified atom stereocenters. The van der Waals surface area contributed by atoms with E-state index < -0.39 is 5.41 Å². The summed E-state index contributed by atoms with van der Waals surface area (Å²) in [7, 11) is 0. The van der Waals surface area contributed by atoms with E-state index >= 15 is 0 Å². The summed E-state index contributed by atoms with van der Waals surface area (Å²) in [5, 5.41) is 2.28. The minimum absolute atomic E-state index is 0.125. The van der Waals surface area contributed by atoms with Gasteiger partial charge in [-0.3, -0.25) is 14.9 Å². The average molecular weight is 141 g/mol. The van der Waals surface area contributed by atoms with E-state index in [1.807, 2.05) is 13.8 Å². The number of hydrogen-bond acceptors (Lipinski definition) is 2. The normalized spacial score (nSPS) is 32.6. The Labute approximate surface area is 59.8 Å². The molecule has 10 heavy (non-hydrogen) atoms. The number of hydrogen-bond donors (Lipinski definition) is 1. The van der Waals surface area contributed by atoms with Crippen molar-refractivity contribution < 1.29 is 9.59 Å². The predicted molar refractivity (Wildman–Crippen MR) is 36.2 cm³/mol. The van der Waals surface area contributed by atoms with Gasteiger partial charge in [-0.1, -0.05) is 13.8 Å². The standard InChI is InChI=1S/C7H11NO2/c1-3-7(2)4-5(9)8-6(7)10/h3-4H2,1-2H3,(H,8,9,10)/t7-/m0/s1. The number of carbonyl (C=O) groups excluding carboxylic acids is 2. The van der Waals surface area contributed by atoms with Crippen LogP contribution in [-0.2, 0) is 9.59 Å². The SMILES string of the molecule is CC[C@@]1(C)CC(=O)NC1=O. The summed E-state index contributed by atoms with van der Waals surface area (Å²) in [5.74, 6) is -0.269. The molecule has 1 atom stereocenters. The summed E-state index contributed by atoms with van der Waals surface area (Å²) >= 11 is 0. The van der Waals surface area contributed by atoms with Crippen molar-refractivity contribution >= 4 is 11.8 Å². The maximum absolute atomic E-state index is 11.0. The van der Waals surface area contributed by atoms with Crippen LogP contribution in [0.25, 0.3) is 0 Å². The van der Waals surface area contributed by atoms with Crippen molar-refractivity contribution in [2.75, 3.05) is 0 Å². The Bertz CT molecular complexity index is 188. The summed E-state index contributed by atoms with van der Waals surface area (Å²) in [5.41, 5.74) is -0.433. The van der Waals surface area contributed by atoms with Crippen molar-refractivity contribution in [2.45, 2.75) is 26.7 Å². The van der Waals surface area contributed by atoms with Crippen molar-refractivity contribution in [3.63, 3.8) is 0 Å². The Morgan fingerprint density at radius 2 is 2.20 bits per heavy atom. The van der Waals surface area contributed by atoms with Crippen molar-refractivity contribution in [1.29, 1.82) is 0 Å². The number of nitrogens with one attached hydrogen (secondary N) is 1. The van der Waals surface area contributed by atoms with Gasteiger partial charge in [0.2, 0.25) is 11.8 Å². The second-order valence-electron chi connectivity index (χ2n) is 2.97. The van der Waals surface area contributed by atoms with E-state index in [0.29, 0.717) is 6.42 Å². The maximum Gasteiger partial charge on any atom is 0.232 e. The van der Waals surface area contributed by atoms with E-state index in [1.54, 1.807) is 0 Å². The molecule has 0 aromatic rings. The van der Waals surface area contributed by atoms with Crippen LogP contribution < -0.4 is 5.32 Å².